The fourth-order valence-electron chi connectivity index (χ4n) is 9.29. The van der Waals surface area contributed by atoms with Gasteiger partial charge in [0, 0.05) is 94.7 Å². The Labute approximate surface area is 390 Å². The molecular weight excluding hydrogens is 879 g/mol. The normalized spacial score (nSPS) is 17.6. The number of carbonyl (C=O) groups is 4. The number of methoxy groups -OCH3 is 1. The molecule has 8 rings (SSSR count). The summed E-state index contributed by atoms with van der Waals surface area (Å²) in [5.41, 5.74) is 3.12. The number of amidine groups is 1. The van der Waals surface area contributed by atoms with Gasteiger partial charge in [0.05, 0.1) is 36.6 Å². The standard InChI is InChI=1S/C48H57N9O9S/c1-5-65-41-28-32(6-13-40(41)64-3)39(30-67(4,62)63)57-46(59)37-14-19-51-45(43(37)47(57)60)55-21-16-31(17-22-55)15-20-53-24-26-54(27-25-53)33-7-9-34(10-8-33)66-35-11-12-36(38(29-35)50-2)44(49)56-23-18-42(58)52-48(56)61/h6-14,19,28-29,31,39,49-50H,5,15-18,20-27,30H2,1-4H3,(H,52,58,61). The Morgan fingerprint density at radius 3 is 2.28 bits per heavy atom. The van der Waals surface area contributed by atoms with Crippen LogP contribution in [-0.2, 0) is 14.6 Å². The lowest BCUT2D eigenvalue weighted by molar-refractivity contribution is -0.121. The zero-order valence-electron chi connectivity index (χ0n) is 38.2. The largest absolute Gasteiger partial charge is 0.493 e. The van der Waals surface area contributed by atoms with Gasteiger partial charge in [-0.05, 0) is 98.8 Å². The molecule has 5 amide bonds. The van der Waals surface area contributed by atoms with Gasteiger partial charge in [-0.25, -0.2) is 18.2 Å². The molecule has 18 nitrogen and oxygen atoms in total. The van der Waals surface area contributed by atoms with Crippen LogP contribution in [0.15, 0.2) is 72.9 Å². The number of urea groups is 1. The molecule has 3 fully saturated rings. The number of hydrogen-bond donors (Lipinski definition) is 3. The Morgan fingerprint density at radius 1 is 0.881 bits per heavy atom. The first-order valence-corrected chi connectivity index (χ1v) is 24.7. The quantitative estimate of drug-likeness (QED) is 0.0731. The monoisotopic (exact) mass is 935 g/mol. The predicted molar refractivity (Wildman–Crippen MR) is 254 cm³/mol. The van der Waals surface area contributed by atoms with E-state index in [2.05, 4.69) is 42.5 Å². The van der Waals surface area contributed by atoms with Gasteiger partial charge in [0.1, 0.15) is 33.0 Å². The highest BCUT2D eigenvalue weighted by molar-refractivity contribution is 7.90. The molecule has 3 saturated heterocycles. The second-order valence-electron chi connectivity index (χ2n) is 17.2. The number of sulfone groups is 1. The highest BCUT2D eigenvalue weighted by Crippen LogP contribution is 2.40. The molecule has 4 aliphatic heterocycles. The Kier molecular flexibility index (Phi) is 14.0. The topological polar surface area (TPSA) is 207 Å². The molecular formula is C48H57N9O9S. The van der Waals surface area contributed by atoms with Crippen molar-refractivity contribution in [1.29, 1.82) is 5.41 Å². The second kappa shape index (κ2) is 20.0. The molecule has 0 aliphatic carbocycles. The van der Waals surface area contributed by atoms with Crippen molar-refractivity contribution in [2.45, 2.75) is 38.6 Å². The SMILES string of the molecule is CCOc1cc(C(CS(C)(=O)=O)N2C(=O)c3ccnc(N4CCC(CCN5CCN(c6ccc(Oc7ccc(C(=N)N8CCC(=O)NC8=O)c(NC)c7)cc6)CC5)CC4)c3C2=O)ccc1OC. The number of nitrogens with one attached hydrogen (secondary N) is 3. The fourth-order valence-corrected chi connectivity index (χ4v) is 10.2. The van der Waals surface area contributed by atoms with E-state index in [1.165, 1.54) is 18.1 Å². The number of ether oxygens (including phenoxy) is 3. The van der Waals surface area contributed by atoms with Crippen molar-refractivity contribution >= 4 is 56.6 Å². The minimum atomic E-state index is -3.64. The van der Waals surface area contributed by atoms with Gasteiger partial charge in [-0.3, -0.25) is 39.8 Å². The first kappa shape index (κ1) is 46.8. The van der Waals surface area contributed by atoms with Crippen molar-refractivity contribution in [3.63, 3.8) is 0 Å². The molecule has 5 heterocycles. The van der Waals surface area contributed by atoms with E-state index in [4.69, 9.17) is 19.6 Å². The number of benzene rings is 3. The zero-order chi connectivity index (χ0) is 47.4. The summed E-state index contributed by atoms with van der Waals surface area (Å²) >= 11 is 0. The first-order valence-electron chi connectivity index (χ1n) is 22.6. The third-order valence-corrected chi connectivity index (χ3v) is 13.8. The molecule has 67 heavy (non-hydrogen) atoms. The lowest BCUT2D eigenvalue weighted by atomic mass is 9.93. The average Bonchev–Trinajstić information content (AvgIpc) is 3.58. The summed E-state index contributed by atoms with van der Waals surface area (Å²) < 4.78 is 42.8. The van der Waals surface area contributed by atoms with Gasteiger partial charge in [-0.2, -0.15) is 0 Å². The maximum absolute atomic E-state index is 14.3. The zero-order valence-corrected chi connectivity index (χ0v) is 39.1. The molecule has 4 aliphatic rings. The van der Waals surface area contributed by atoms with Crippen LogP contribution in [0.5, 0.6) is 23.0 Å². The first-order chi connectivity index (χ1) is 32.2. The number of nitrogens with zero attached hydrogens (tertiary/aromatic N) is 6. The van der Waals surface area contributed by atoms with Gasteiger partial charge in [0.15, 0.2) is 11.5 Å². The van der Waals surface area contributed by atoms with Gasteiger partial charge < -0.3 is 29.3 Å². The number of aromatic nitrogens is 1. The molecule has 19 heteroatoms. The Hall–Kier alpha value is -6.73. The highest BCUT2D eigenvalue weighted by atomic mass is 32.2. The van der Waals surface area contributed by atoms with Crippen molar-refractivity contribution in [3.8, 4) is 23.0 Å². The predicted octanol–water partition coefficient (Wildman–Crippen LogP) is 5.40. The maximum atomic E-state index is 14.3. The molecule has 3 N–H and O–H groups in total. The Balaban J connectivity index is 0.822. The van der Waals surface area contributed by atoms with Gasteiger partial charge in [0.25, 0.3) is 11.8 Å². The summed E-state index contributed by atoms with van der Waals surface area (Å²) in [5, 5.41) is 14.0. The van der Waals surface area contributed by atoms with Gasteiger partial charge in [-0.1, -0.05) is 6.07 Å². The van der Waals surface area contributed by atoms with Crippen LogP contribution >= 0.6 is 0 Å². The van der Waals surface area contributed by atoms with Crippen molar-refractivity contribution in [2.75, 3.05) is 100 Å². The van der Waals surface area contributed by atoms with E-state index in [1.54, 1.807) is 49.6 Å². The molecule has 0 spiro atoms. The van der Waals surface area contributed by atoms with Crippen LogP contribution in [0.2, 0.25) is 0 Å². The molecule has 1 unspecified atom stereocenters. The summed E-state index contributed by atoms with van der Waals surface area (Å²) in [4.78, 5) is 66.1. The van der Waals surface area contributed by atoms with Crippen LogP contribution in [0, 0.1) is 11.3 Å². The average molecular weight is 936 g/mol. The molecule has 1 aromatic heterocycles. The summed E-state index contributed by atoms with van der Waals surface area (Å²) in [7, 11) is -0.402. The van der Waals surface area contributed by atoms with Crippen LogP contribution < -0.4 is 34.6 Å². The number of hydrogen-bond acceptors (Lipinski definition) is 15. The van der Waals surface area contributed by atoms with E-state index in [0.717, 1.165) is 68.8 Å². The van der Waals surface area contributed by atoms with Crippen LogP contribution in [0.4, 0.5) is 22.0 Å². The summed E-state index contributed by atoms with van der Waals surface area (Å²) in [6, 6.07) is 18.1. The lowest BCUT2D eigenvalue weighted by Crippen LogP contribution is -2.51. The Bertz CT molecular complexity index is 2650. The molecule has 0 radical (unpaired) electrons. The van der Waals surface area contributed by atoms with Crippen molar-refractivity contribution in [3.05, 3.63) is 95.2 Å². The molecule has 4 aromatic rings. The second-order valence-corrected chi connectivity index (χ2v) is 19.4. The third-order valence-electron chi connectivity index (χ3n) is 12.9. The minimum absolute atomic E-state index is 0.00545. The van der Waals surface area contributed by atoms with Gasteiger partial charge >= 0.3 is 6.03 Å². The maximum Gasteiger partial charge on any atom is 0.329 e. The summed E-state index contributed by atoms with van der Waals surface area (Å²) in [6.45, 7) is 8.33. The van der Waals surface area contributed by atoms with Crippen LogP contribution in [0.1, 0.15) is 70.5 Å². The highest BCUT2D eigenvalue weighted by Gasteiger charge is 2.45. The smallest absolute Gasteiger partial charge is 0.329 e. The van der Waals surface area contributed by atoms with Crippen LogP contribution in [-0.4, -0.2) is 143 Å². The number of amides is 5. The van der Waals surface area contributed by atoms with Crippen molar-refractivity contribution in [2.24, 2.45) is 5.92 Å². The molecule has 1 atom stereocenters. The van der Waals surface area contributed by atoms with Gasteiger partial charge in [0.2, 0.25) is 5.91 Å². The van der Waals surface area contributed by atoms with Gasteiger partial charge in [-0.15, -0.1) is 0 Å². The van der Waals surface area contributed by atoms with E-state index in [-0.39, 0.29) is 35.8 Å². The lowest BCUT2D eigenvalue weighted by Gasteiger charge is -2.38. The van der Waals surface area contributed by atoms with E-state index in [9.17, 15) is 27.6 Å². The van der Waals surface area contributed by atoms with E-state index in [0.29, 0.717) is 71.2 Å². The van der Waals surface area contributed by atoms with Crippen LogP contribution in [0.3, 0.4) is 0 Å². The number of pyridine rings is 1. The number of anilines is 3. The summed E-state index contributed by atoms with van der Waals surface area (Å²) in [5.74, 6) is 1.11. The third kappa shape index (κ3) is 10.3. The van der Waals surface area contributed by atoms with Crippen molar-refractivity contribution < 1.29 is 41.8 Å². The summed E-state index contributed by atoms with van der Waals surface area (Å²) in [6.07, 6.45) is 5.66. The number of imide groups is 2. The van der Waals surface area contributed by atoms with E-state index in [1.807, 2.05) is 19.1 Å². The number of carbonyl (C=O) groups excluding carboxylic acids is 4. The van der Waals surface area contributed by atoms with Crippen LogP contribution in [0.25, 0.3) is 0 Å². The Morgan fingerprint density at radius 2 is 1.61 bits per heavy atom. The molecule has 0 saturated carbocycles. The number of fused-ring (bicyclic) bond motifs is 1. The molecule has 3 aromatic carbocycles. The minimum Gasteiger partial charge on any atom is -0.493 e. The molecule has 0 bridgehead atoms. The number of rotatable bonds is 16. The van der Waals surface area contributed by atoms with E-state index < -0.39 is 39.5 Å². The fraction of sp³-hybridized carbons (Fsp3) is 0.417. The number of piperidine rings is 1. The number of piperazine rings is 1. The van der Waals surface area contributed by atoms with E-state index >= 15 is 0 Å². The van der Waals surface area contributed by atoms with Crippen molar-refractivity contribution in [1.82, 2.24) is 25.0 Å². The molecule has 354 valence electrons.